The minimum absolute atomic E-state index is 0. The van der Waals surface area contributed by atoms with Gasteiger partial charge in [0.25, 0.3) is 11.8 Å². The fourth-order valence-electron chi connectivity index (χ4n) is 12.1. The highest BCUT2D eigenvalue weighted by Gasteiger charge is 2.48. The number of rotatable bonds is 17. The Morgan fingerprint density at radius 3 is 2.16 bits per heavy atom. The number of morpholine rings is 1. The van der Waals surface area contributed by atoms with Crippen LogP contribution in [0.4, 0.5) is 35.9 Å². The number of halogens is 6. The van der Waals surface area contributed by atoms with Crippen LogP contribution in [0.1, 0.15) is 84.8 Å². The fraction of sp³-hybridized carbons (Fsp3) is 0.429. The number of nitrogens with one attached hydrogen (secondary N) is 6. The van der Waals surface area contributed by atoms with Gasteiger partial charge >= 0.3 is 0 Å². The van der Waals surface area contributed by atoms with E-state index in [1.807, 2.05) is 25.1 Å². The molecule has 0 spiro atoms. The van der Waals surface area contributed by atoms with Crippen molar-refractivity contribution in [3.05, 3.63) is 154 Å². The third kappa shape index (κ3) is 15.3. The van der Waals surface area contributed by atoms with Crippen molar-refractivity contribution in [1.29, 1.82) is 0 Å². The van der Waals surface area contributed by atoms with Crippen LogP contribution in [0.3, 0.4) is 0 Å². The van der Waals surface area contributed by atoms with Crippen LogP contribution >= 0.6 is 37.2 Å². The number of hydrogen-bond donors (Lipinski definition) is 6. The van der Waals surface area contributed by atoms with Gasteiger partial charge in [-0.3, -0.25) is 38.6 Å². The molecule has 10 rings (SSSR count). The van der Waals surface area contributed by atoms with E-state index in [-0.39, 0.29) is 110 Å². The van der Waals surface area contributed by atoms with E-state index in [9.17, 15) is 33.2 Å². The number of benzene rings is 5. The van der Waals surface area contributed by atoms with Crippen molar-refractivity contribution in [1.82, 2.24) is 30.7 Å². The average molecular weight is 1260 g/mol. The van der Waals surface area contributed by atoms with Crippen LogP contribution in [0, 0.1) is 23.4 Å². The molecule has 0 saturated carbocycles. The summed E-state index contributed by atoms with van der Waals surface area (Å²) in [5.74, 6) is -5.70. The normalized spacial score (nSPS) is 21.8. The van der Waals surface area contributed by atoms with Gasteiger partial charge in [-0.05, 0) is 154 Å². The summed E-state index contributed by atoms with van der Waals surface area (Å²) >= 11 is 0. The molecular weight excluding hydrogens is 1190 g/mol. The Labute approximate surface area is 523 Å². The zero-order valence-electron chi connectivity index (χ0n) is 49.2. The lowest BCUT2D eigenvalue weighted by Crippen LogP contribution is -2.62. The van der Waals surface area contributed by atoms with Gasteiger partial charge < -0.3 is 51.2 Å². The molecule has 0 radical (unpaired) electrons. The van der Waals surface area contributed by atoms with Gasteiger partial charge in [0.05, 0.1) is 31.2 Å². The van der Waals surface area contributed by atoms with Crippen LogP contribution in [0.25, 0.3) is 0 Å². The van der Waals surface area contributed by atoms with Crippen LogP contribution in [0.5, 0.6) is 0 Å². The van der Waals surface area contributed by atoms with E-state index in [1.165, 1.54) is 23.1 Å². The van der Waals surface area contributed by atoms with Crippen LogP contribution < -0.4 is 36.8 Å². The Kier molecular flexibility index (Phi) is 23.1. The SMILES string of the molecule is CN[C@@H](C)C(=O)N[C@H](C(=O)N1Cc2ccc(NC(=O)c3ccc(NC(=O)C4(C)CN(C(=O)CN5C[C@@H](C)NC[C@@H]5CN5CCOC[C@H]5C)c5cc(Cc6ccc(F)cc6)ccc54)cc3)cc2[C@H]1C(=O)Nc1c(F)cccc1F)C1CCOCC1.Cl.Cl.Cl. The van der Waals surface area contributed by atoms with E-state index in [2.05, 4.69) is 55.5 Å². The number of ether oxygens (including phenoxy) is 2. The van der Waals surface area contributed by atoms with Gasteiger partial charge in [0.2, 0.25) is 23.6 Å². The van der Waals surface area contributed by atoms with Gasteiger partial charge in [0.15, 0.2) is 0 Å². The van der Waals surface area contributed by atoms with Crippen LogP contribution in [-0.4, -0.2) is 153 Å². The van der Waals surface area contributed by atoms with Crippen LogP contribution in [-0.2, 0) is 51.8 Å². The maximum absolute atomic E-state index is 15.0. The number of amides is 6. The molecule has 5 aliphatic heterocycles. The molecule has 87 heavy (non-hydrogen) atoms. The first-order valence-electron chi connectivity index (χ1n) is 28.8. The van der Waals surface area contributed by atoms with E-state index in [4.69, 9.17) is 9.47 Å². The summed E-state index contributed by atoms with van der Waals surface area (Å²) in [7, 11) is 1.61. The molecule has 7 atom stereocenters. The van der Waals surface area contributed by atoms with Crippen molar-refractivity contribution >= 4 is 95.4 Å². The number of hydrogen-bond acceptors (Lipinski definition) is 12. The number of fused-ring (bicyclic) bond motifs is 2. The highest BCUT2D eigenvalue weighted by atomic mass is 35.5. The summed E-state index contributed by atoms with van der Waals surface area (Å²) < 4.78 is 55.2. The number of anilines is 4. The van der Waals surface area contributed by atoms with E-state index in [1.54, 1.807) is 67.4 Å². The molecule has 3 saturated heterocycles. The molecule has 6 amide bonds. The second kappa shape index (κ2) is 29.6. The quantitative estimate of drug-likeness (QED) is 0.0540. The van der Waals surface area contributed by atoms with Gasteiger partial charge in [-0.25, -0.2) is 13.2 Å². The van der Waals surface area contributed by atoms with Crippen molar-refractivity contribution in [3.63, 3.8) is 0 Å². The fourth-order valence-corrected chi connectivity index (χ4v) is 12.1. The summed E-state index contributed by atoms with van der Waals surface area (Å²) in [6.45, 7) is 12.8. The molecule has 5 heterocycles. The Hall–Kier alpha value is -6.66. The molecule has 24 heteroatoms. The number of likely N-dealkylation sites (N-methyl/N-ethyl adjacent to an activating group) is 1. The summed E-state index contributed by atoms with van der Waals surface area (Å²) in [5, 5.41) is 17.6. The highest BCUT2D eigenvalue weighted by molar-refractivity contribution is 6.08. The smallest absolute Gasteiger partial charge is 0.255 e. The van der Waals surface area contributed by atoms with Gasteiger partial charge in [-0.1, -0.05) is 36.4 Å². The Balaban J connectivity index is 0.00000360. The average Bonchev–Trinajstić information content (AvgIpc) is 1.81. The number of carbonyl (C=O) groups excluding carboxylic acids is 6. The van der Waals surface area contributed by atoms with Crippen LogP contribution in [0.2, 0.25) is 0 Å². The minimum Gasteiger partial charge on any atom is -0.381 e. The minimum atomic E-state index is -1.44. The predicted molar refractivity (Wildman–Crippen MR) is 334 cm³/mol. The van der Waals surface area contributed by atoms with Crippen molar-refractivity contribution in [2.75, 3.05) is 93.6 Å². The molecule has 5 aromatic rings. The molecule has 1 unspecified atom stereocenters. The van der Waals surface area contributed by atoms with Crippen LogP contribution in [0.15, 0.2) is 103 Å². The van der Waals surface area contributed by atoms with Gasteiger partial charge in [-0.15, -0.1) is 37.2 Å². The van der Waals surface area contributed by atoms with Gasteiger partial charge in [-0.2, -0.15) is 0 Å². The lowest BCUT2D eigenvalue weighted by atomic mass is 9.83. The summed E-state index contributed by atoms with van der Waals surface area (Å²) in [6.07, 6.45) is 1.39. The summed E-state index contributed by atoms with van der Waals surface area (Å²) in [4.78, 5) is 93.7. The summed E-state index contributed by atoms with van der Waals surface area (Å²) in [6, 6.07) is 23.6. The van der Waals surface area contributed by atoms with Crippen molar-refractivity contribution in [2.24, 2.45) is 5.92 Å². The molecule has 3 fully saturated rings. The van der Waals surface area contributed by atoms with E-state index < -0.39 is 64.5 Å². The lowest BCUT2D eigenvalue weighted by molar-refractivity contribution is -0.144. The topological polar surface area (TPSA) is 206 Å². The first-order chi connectivity index (χ1) is 40.4. The number of nitrogens with zero attached hydrogens (tertiary/aromatic N) is 4. The number of carbonyl (C=O) groups is 6. The van der Waals surface area contributed by atoms with Gasteiger partial charge in [0.1, 0.15) is 35.2 Å². The van der Waals surface area contributed by atoms with E-state index in [0.29, 0.717) is 80.3 Å². The zero-order chi connectivity index (χ0) is 59.4. The van der Waals surface area contributed by atoms with E-state index >= 15 is 8.78 Å². The molecular formula is C63H76Cl3F3N10O8. The maximum atomic E-state index is 15.0. The maximum Gasteiger partial charge on any atom is 0.255 e. The Morgan fingerprint density at radius 2 is 1.47 bits per heavy atom. The monoisotopic (exact) mass is 1260 g/mol. The molecule has 0 aliphatic carbocycles. The molecule has 5 aromatic carbocycles. The third-order valence-electron chi connectivity index (χ3n) is 17.2. The third-order valence-corrected chi connectivity index (χ3v) is 17.2. The number of para-hydroxylation sites is 1. The van der Waals surface area contributed by atoms with Crippen molar-refractivity contribution in [2.45, 2.75) is 95.2 Å². The lowest BCUT2D eigenvalue weighted by Gasteiger charge is -2.43. The van der Waals surface area contributed by atoms with E-state index in [0.717, 1.165) is 49.0 Å². The Morgan fingerprint density at radius 1 is 0.782 bits per heavy atom. The molecule has 18 nitrogen and oxygen atoms in total. The van der Waals surface area contributed by atoms with Crippen molar-refractivity contribution in [3.8, 4) is 0 Å². The molecule has 0 bridgehead atoms. The second-order valence-corrected chi connectivity index (χ2v) is 23.1. The number of piperazine rings is 1. The predicted octanol–water partition coefficient (Wildman–Crippen LogP) is 7.38. The molecule has 0 aromatic heterocycles. The molecule has 468 valence electrons. The first-order valence-corrected chi connectivity index (χ1v) is 28.8. The molecule has 5 aliphatic rings. The largest absolute Gasteiger partial charge is 0.381 e. The second-order valence-electron chi connectivity index (χ2n) is 23.1. The zero-order valence-corrected chi connectivity index (χ0v) is 51.6. The summed E-state index contributed by atoms with van der Waals surface area (Å²) in [5.41, 5.74) is 2.86. The first kappa shape index (κ1) is 67.8. The highest BCUT2D eigenvalue weighted by Crippen LogP contribution is 2.43. The van der Waals surface area contributed by atoms with Crippen molar-refractivity contribution < 1.29 is 51.4 Å². The van der Waals surface area contributed by atoms with Gasteiger partial charge in [0, 0.05) is 93.2 Å². The molecule has 6 N–H and O–H groups in total. The Bertz CT molecular complexity index is 3270. The standard InChI is InChI=1S/C63H73F3N10O8.3ClH/c1-37-31-74(48(30-68-37)33-73-23-26-84-35-38(73)2)34-54(77)76-36-63(4,50-20-11-41(28-53(50)76)27-40-9-15-45(64)16-10-40)62(82)70-46-17-12-43(13-18-46)59(79)69-47-19-14-44-32-75(57(49(44)29-47)60(80)72-56-51(65)7-6-8-52(56)66)61(81)55(42-21-24-83-25-22-42)71-58(78)39(3)67-5;;;/h6-20,28-29,37-39,42,48,55,57,67-68H,21-27,30-36H2,1-5H3,(H,69,79)(H,70,82)(H,71,78)(H,72,80);3*1H/t37-,38-,39+,48-,55+,57+,63?;;;/m1.../s1.